The molecule has 0 unspecified atom stereocenters. The van der Waals surface area contributed by atoms with Gasteiger partial charge in [0.25, 0.3) is 0 Å². The Hall–Kier alpha value is -1.82. The summed E-state index contributed by atoms with van der Waals surface area (Å²) in [6, 6.07) is 8.03. The highest BCUT2D eigenvalue weighted by atomic mass is 32.2. The predicted molar refractivity (Wildman–Crippen MR) is 91.5 cm³/mol. The van der Waals surface area contributed by atoms with E-state index in [0.717, 1.165) is 22.8 Å². The van der Waals surface area contributed by atoms with Crippen molar-refractivity contribution in [2.45, 2.75) is 26.2 Å². The zero-order valence-corrected chi connectivity index (χ0v) is 14.6. The summed E-state index contributed by atoms with van der Waals surface area (Å²) in [5.41, 5.74) is 2.75. The first kappa shape index (κ1) is 16.1. The molecule has 1 aromatic carbocycles. The lowest BCUT2D eigenvalue weighted by atomic mass is 9.97. The van der Waals surface area contributed by atoms with Crippen LogP contribution in [0.1, 0.15) is 26.7 Å². The third-order valence-corrected chi connectivity index (χ3v) is 5.63. The van der Waals surface area contributed by atoms with Gasteiger partial charge in [0.2, 0.25) is 0 Å². The molecule has 0 amide bonds. The molecule has 1 fully saturated rings. The fourth-order valence-corrected chi connectivity index (χ4v) is 3.77. The van der Waals surface area contributed by atoms with Crippen molar-refractivity contribution in [3.8, 4) is 11.3 Å². The molecule has 124 valence electrons. The van der Waals surface area contributed by atoms with E-state index < -0.39 is 9.84 Å². The molecule has 0 spiro atoms. The van der Waals surface area contributed by atoms with E-state index in [0.29, 0.717) is 13.1 Å². The predicted octanol–water partition coefficient (Wildman–Crippen LogP) is 2.87. The van der Waals surface area contributed by atoms with Gasteiger partial charge in [-0.3, -0.25) is 0 Å². The van der Waals surface area contributed by atoms with Gasteiger partial charge >= 0.3 is 0 Å². The summed E-state index contributed by atoms with van der Waals surface area (Å²) in [4.78, 5) is 6.66. The summed E-state index contributed by atoms with van der Waals surface area (Å²) in [6.07, 6.45) is 1.68. The summed E-state index contributed by atoms with van der Waals surface area (Å²) in [5.74, 6) is 1.18. The van der Waals surface area contributed by atoms with E-state index in [1.165, 1.54) is 0 Å². The molecular formula is C17H22N2O3S. The van der Waals surface area contributed by atoms with Crippen LogP contribution >= 0.6 is 0 Å². The smallest absolute Gasteiger partial charge is 0.199 e. The monoisotopic (exact) mass is 334 g/mol. The van der Waals surface area contributed by atoms with Crippen LogP contribution in [0.5, 0.6) is 0 Å². The number of rotatable bonds is 2. The molecule has 3 rings (SSSR count). The fraction of sp³-hybridized carbons (Fsp3) is 0.471. The molecule has 6 heteroatoms. The van der Waals surface area contributed by atoms with Gasteiger partial charge in [-0.2, -0.15) is 0 Å². The minimum atomic E-state index is -2.85. The molecule has 2 aromatic rings. The van der Waals surface area contributed by atoms with Crippen molar-refractivity contribution in [1.82, 2.24) is 4.98 Å². The molecule has 0 aliphatic carbocycles. The molecule has 1 aliphatic heterocycles. The second-order valence-electron chi connectivity index (χ2n) is 6.97. The van der Waals surface area contributed by atoms with Gasteiger partial charge in [-0.25, -0.2) is 13.4 Å². The molecule has 1 saturated heterocycles. The lowest BCUT2D eigenvalue weighted by molar-refractivity contribution is 0.392. The van der Waals surface area contributed by atoms with Gasteiger partial charge in [0, 0.05) is 29.8 Å². The average molecular weight is 334 g/mol. The van der Waals surface area contributed by atoms with E-state index >= 15 is 0 Å². The normalized spacial score (nSPS) is 18.1. The van der Waals surface area contributed by atoms with Crippen molar-refractivity contribution in [2.75, 3.05) is 29.5 Å². The topological polar surface area (TPSA) is 63.4 Å². The standard InChI is InChI=1S/C17H22N2O3S/c1-17(2,3)16-18-15(12-22-16)13-4-6-14(7-5-13)19-8-10-23(20,21)11-9-19/h4-7,12H,8-11H2,1-3H3. The molecule has 5 nitrogen and oxygen atoms in total. The lowest BCUT2D eigenvalue weighted by Gasteiger charge is -2.28. The van der Waals surface area contributed by atoms with Crippen LogP contribution in [-0.2, 0) is 15.3 Å². The first-order valence-corrected chi connectivity index (χ1v) is 9.59. The molecule has 0 atom stereocenters. The second-order valence-corrected chi connectivity index (χ2v) is 9.28. The Morgan fingerprint density at radius 3 is 2.22 bits per heavy atom. The minimum Gasteiger partial charge on any atom is -0.448 e. The van der Waals surface area contributed by atoms with Crippen LogP contribution in [0.2, 0.25) is 0 Å². The Morgan fingerprint density at radius 1 is 1.09 bits per heavy atom. The maximum atomic E-state index is 11.5. The van der Waals surface area contributed by atoms with Gasteiger partial charge in [0.15, 0.2) is 15.7 Å². The van der Waals surface area contributed by atoms with E-state index in [4.69, 9.17) is 4.42 Å². The number of anilines is 1. The summed E-state index contributed by atoms with van der Waals surface area (Å²) >= 11 is 0. The maximum absolute atomic E-state index is 11.5. The third-order valence-electron chi connectivity index (χ3n) is 4.02. The van der Waals surface area contributed by atoms with Crippen molar-refractivity contribution in [1.29, 1.82) is 0 Å². The third kappa shape index (κ3) is 3.58. The molecule has 0 radical (unpaired) electrons. The summed E-state index contributed by atoms with van der Waals surface area (Å²) in [6.45, 7) is 7.31. The highest BCUT2D eigenvalue weighted by Gasteiger charge is 2.22. The van der Waals surface area contributed by atoms with Crippen molar-refractivity contribution < 1.29 is 12.8 Å². The fourth-order valence-electron chi connectivity index (χ4n) is 2.56. The van der Waals surface area contributed by atoms with Crippen LogP contribution in [0.4, 0.5) is 5.69 Å². The van der Waals surface area contributed by atoms with E-state index in [-0.39, 0.29) is 16.9 Å². The molecule has 1 aliphatic rings. The van der Waals surface area contributed by atoms with E-state index in [1.54, 1.807) is 6.26 Å². The number of aromatic nitrogens is 1. The molecule has 23 heavy (non-hydrogen) atoms. The van der Waals surface area contributed by atoms with Gasteiger partial charge in [-0.15, -0.1) is 0 Å². The minimum absolute atomic E-state index is 0.114. The van der Waals surface area contributed by atoms with Crippen molar-refractivity contribution >= 4 is 15.5 Å². The number of benzene rings is 1. The first-order chi connectivity index (χ1) is 10.7. The van der Waals surface area contributed by atoms with Gasteiger partial charge in [-0.05, 0) is 12.1 Å². The highest BCUT2D eigenvalue weighted by molar-refractivity contribution is 7.91. The van der Waals surface area contributed by atoms with Gasteiger partial charge in [0.1, 0.15) is 12.0 Å². The van der Waals surface area contributed by atoms with Gasteiger partial charge in [0.05, 0.1) is 11.5 Å². The maximum Gasteiger partial charge on any atom is 0.199 e. The van der Waals surface area contributed by atoms with E-state index in [1.807, 2.05) is 24.3 Å². The zero-order valence-electron chi connectivity index (χ0n) is 13.7. The number of hydrogen-bond acceptors (Lipinski definition) is 5. The number of oxazole rings is 1. The summed E-state index contributed by atoms with van der Waals surface area (Å²) in [7, 11) is -2.85. The lowest BCUT2D eigenvalue weighted by Crippen LogP contribution is -2.40. The molecule has 0 bridgehead atoms. The number of sulfone groups is 1. The average Bonchev–Trinajstić information content (AvgIpc) is 2.97. The van der Waals surface area contributed by atoms with Crippen LogP contribution in [-0.4, -0.2) is 38.0 Å². The molecule has 1 aromatic heterocycles. The van der Waals surface area contributed by atoms with Gasteiger partial charge in [-0.1, -0.05) is 32.9 Å². The molecule has 0 N–H and O–H groups in total. The number of nitrogens with zero attached hydrogens (tertiary/aromatic N) is 2. The Morgan fingerprint density at radius 2 is 1.70 bits per heavy atom. The Bertz CT molecular complexity index is 772. The SMILES string of the molecule is CC(C)(C)c1nc(-c2ccc(N3CCS(=O)(=O)CC3)cc2)co1. The number of hydrogen-bond donors (Lipinski definition) is 0. The van der Waals surface area contributed by atoms with Gasteiger partial charge < -0.3 is 9.32 Å². The quantitative estimate of drug-likeness (QED) is 0.845. The Labute approximate surface area is 137 Å². The summed E-state index contributed by atoms with van der Waals surface area (Å²) < 4.78 is 28.6. The Balaban J connectivity index is 1.76. The summed E-state index contributed by atoms with van der Waals surface area (Å²) in [5, 5.41) is 0. The van der Waals surface area contributed by atoms with Crippen molar-refractivity contribution in [2.24, 2.45) is 0 Å². The van der Waals surface area contributed by atoms with Crippen LogP contribution < -0.4 is 4.90 Å². The largest absolute Gasteiger partial charge is 0.448 e. The first-order valence-electron chi connectivity index (χ1n) is 7.76. The van der Waals surface area contributed by atoms with Crippen LogP contribution in [0.25, 0.3) is 11.3 Å². The van der Waals surface area contributed by atoms with Crippen LogP contribution in [0.15, 0.2) is 34.9 Å². The van der Waals surface area contributed by atoms with E-state index in [9.17, 15) is 8.42 Å². The van der Waals surface area contributed by atoms with E-state index in [2.05, 4.69) is 30.7 Å². The van der Waals surface area contributed by atoms with Crippen molar-refractivity contribution in [3.05, 3.63) is 36.4 Å². The van der Waals surface area contributed by atoms with Crippen LogP contribution in [0.3, 0.4) is 0 Å². The zero-order chi connectivity index (χ0) is 16.7. The van der Waals surface area contributed by atoms with Crippen LogP contribution in [0, 0.1) is 0 Å². The molecule has 0 saturated carbocycles. The molecular weight excluding hydrogens is 312 g/mol. The second kappa shape index (κ2) is 5.67. The molecule has 2 heterocycles. The Kier molecular flexibility index (Phi) is 3.96. The van der Waals surface area contributed by atoms with Crippen molar-refractivity contribution in [3.63, 3.8) is 0 Å². The highest BCUT2D eigenvalue weighted by Crippen LogP contribution is 2.27.